The van der Waals surface area contributed by atoms with Gasteiger partial charge in [-0.2, -0.15) is 0 Å². The molecule has 0 radical (unpaired) electrons. The Hall–Kier alpha value is -4.41. The largest absolute Gasteiger partial charge is 0.492 e. The third-order valence-corrected chi connectivity index (χ3v) is 9.18. The van der Waals surface area contributed by atoms with Crippen LogP contribution >= 0.6 is 11.6 Å². The number of carbonyl (C=O) groups is 2. The molecule has 1 atom stereocenters. The van der Waals surface area contributed by atoms with Crippen LogP contribution in [0.1, 0.15) is 38.8 Å². The molecule has 0 saturated carbocycles. The molecule has 4 aromatic rings. The first-order valence-corrected chi connectivity index (χ1v) is 17.0. The molecule has 4 rings (SSSR count). The molecule has 0 spiro atoms. The number of hydrogen-bond acceptors (Lipinski definition) is 5. The highest BCUT2D eigenvalue weighted by Crippen LogP contribution is 2.33. The summed E-state index contributed by atoms with van der Waals surface area (Å²) in [6.07, 6.45) is 0.148. The molecule has 47 heavy (non-hydrogen) atoms. The average Bonchev–Trinajstić information content (AvgIpc) is 3.02. The van der Waals surface area contributed by atoms with Crippen molar-refractivity contribution >= 4 is 39.1 Å². The van der Waals surface area contributed by atoms with Crippen molar-refractivity contribution in [1.82, 2.24) is 10.2 Å². The van der Waals surface area contributed by atoms with Gasteiger partial charge in [0.2, 0.25) is 11.8 Å². The number of carbonyl (C=O) groups excluding carboxylic acids is 2. The van der Waals surface area contributed by atoms with Gasteiger partial charge in [0, 0.05) is 23.5 Å². The minimum Gasteiger partial charge on any atom is -0.492 e. The van der Waals surface area contributed by atoms with E-state index >= 15 is 0 Å². The zero-order valence-electron chi connectivity index (χ0n) is 26.8. The lowest BCUT2D eigenvalue weighted by Gasteiger charge is -2.35. The number of ether oxygens (including phenoxy) is 1. The molecule has 0 aliphatic heterocycles. The van der Waals surface area contributed by atoms with Gasteiger partial charge in [-0.05, 0) is 87.4 Å². The number of amides is 2. The van der Waals surface area contributed by atoms with E-state index in [1.807, 2.05) is 51.1 Å². The van der Waals surface area contributed by atoms with Gasteiger partial charge < -0.3 is 15.0 Å². The van der Waals surface area contributed by atoms with Gasteiger partial charge >= 0.3 is 0 Å². The van der Waals surface area contributed by atoms with Gasteiger partial charge in [0.25, 0.3) is 10.0 Å². The minimum absolute atomic E-state index is 0.0857. The molecule has 8 nitrogen and oxygen atoms in total. The van der Waals surface area contributed by atoms with Crippen LogP contribution in [-0.2, 0) is 32.6 Å². The Labute approximate surface area is 281 Å². The molecule has 0 aliphatic carbocycles. The molecule has 0 aliphatic rings. The summed E-state index contributed by atoms with van der Waals surface area (Å²) in [4.78, 5) is 29.8. The molecule has 0 heterocycles. The standard InChI is InChI=1S/C36H39ClFN3O5S/c1-5-46-33-14-10-9-13-31(33)41(47(44,45)30-21-17-28(37)18-22-30)25-34(42)40(24-27-15-19-29(38)20-16-27)32(35(43)39-36(2,3)4)23-26-11-7-6-8-12-26/h6-22,32H,5,23-25H2,1-4H3,(H,39,43)/t32-/m1/s1. The molecular weight excluding hydrogens is 641 g/mol. The molecule has 0 bridgehead atoms. The Morgan fingerprint density at radius 1 is 0.872 bits per heavy atom. The summed E-state index contributed by atoms with van der Waals surface area (Å²) >= 11 is 6.06. The smallest absolute Gasteiger partial charge is 0.264 e. The number of nitrogens with one attached hydrogen (secondary N) is 1. The van der Waals surface area contributed by atoms with Gasteiger partial charge in [-0.3, -0.25) is 13.9 Å². The Morgan fingerprint density at radius 3 is 2.11 bits per heavy atom. The molecular formula is C36H39ClFN3O5S. The van der Waals surface area contributed by atoms with E-state index in [1.54, 1.807) is 31.2 Å². The summed E-state index contributed by atoms with van der Waals surface area (Å²) in [7, 11) is -4.36. The summed E-state index contributed by atoms with van der Waals surface area (Å²) in [5.74, 6) is -1.26. The molecule has 0 aromatic heterocycles. The number of anilines is 1. The highest BCUT2D eigenvalue weighted by molar-refractivity contribution is 7.92. The number of sulfonamides is 1. The maximum atomic E-state index is 14.6. The van der Waals surface area contributed by atoms with E-state index in [9.17, 15) is 22.4 Å². The van der Waals surface area contributed by atoms with Crippen LogP contribution in [0.4, 0.5) is 10.1 Å². The van der Waals surface area contributed by atoms with Gasteiger partial charge in [0.1, 0.15) is 24.2 Å². The topological polar surface area (TPSA) is 96.0 Å². The van der Waals surface area contributed by atoms with Crippen molar-refractivity contribution in [2.45, 2.75) is 57.1 Å². The maximum Gasteiger partial charge on any atom is 0.264 e. The first-order valence-electron chi connectivity index (χ1n) is 15.2. The lowest BCUT2D eigenvalue weighted by Crippen LogP contribution is -2.56. The van der Waals surface area contributed by atoms with Crippen LogP contribution < -0.4 is 14.4 Å². The summed E-state index contributed by atoms with van der Waals surface area (Å²) < 4.78 is 49.2. The van der Waals surface area contributed by atoms with Crippen molar-refractivity contribution < 1.29 is 27.1 Å². The number of hydrogen-bond donors (Lipinski definition) is 1. The second kappa shape index (κ2) is 15.5. The van der Waals surface area contributed by atoms with E-state index in [4.69, 9.17) is 16.3 Å². The van der Waals surface area contributed by atoms with Crippen molar-refractivity contribution in [1.29, 1.82) is 0 Å². The van der Waals surface area contributed by atoms with E-state index in [-0.39, 0.29) is 35.9 Å². The number of para-hydroxylation sites is 2. The van der Waals surface area contributed by atoms with Gasteiger partial charge in [-0.1, -0.05) is 66.2 Å². The molecule has 0 saturated heterocycles. The van der Waals surface area contributed by atoms with Crippen LogP contribution in [0.25, 0.3) is 0 Å². The third kappa shape index (κ3) is 9.56. The normalized spacial score (nSPS) is 12.2. The third-order valence-electron chi connectivity index (χ3n) is 7.15. The summed E-state index contributed by atoms with van der Waals surface area (Å²) in [6.45, 7) is 6.78. The van der Waals surface area contributed by atoms with Crippen molar-refractivity contribution in [3.05, 3.63) is 125 Å². The van der Waals surface area contributed by atoms with Crippen LogP contribution in [-0.4, -0.2) is 49.9 Å². The van der Waals surface area contributed by atoms with Crippen LogP contribution in [0.3, 0.4) is 0 Å². The Balaban J connectivity index is 1.85. The molecule has 0 unspecified atom stereocenters. The number of halogens is 2. The van der Waals surface area contributed by atoms with Crippen molar-refractivity contribution in [3.63, 3.8) is 0 Å². The van der Waals surface area contributed by atoms with Gasteiger partial charge in [0.05, 0.1) is 17.2 Å². The fraction of sp³-hybridized carbons (Fsp3) is 0.278. The van der Waals surface area contributed by atoms with Crippen molar-refractivity contribution in [3.8, 4) is 5.75 Å². The van der Waals surface area contributed by atoms with E-state index in [0.29, 0.717) is 10.6 Å². The van der Waals surface area contributed by atoms with Crippen LogP contribution in [0, 0.1) is 5.82 Å². The van der Waals surface area contributed by atoms with Crippen LogP contribution in [0.5, 0.6) is 5.75 Å². The van der Waals surface area contributed by atoms with Crippen molar-refractivity contribution in [2.75, 3.05) is 17.5 Å². The van der Waals surface area contributed by atoms with E-state index < -0.39 is 45.8 Å². The minimum atomic E-state index is -4.36. The van der Waals surface area contributed by atoms with E-state index in [1.165, 1.54) is 53.4 Å². The van der Waals surface area contributed by atoms with E-state index in [2.05, 4.69) is 5.32 Å². The lowest BCUT2D eigenvalue weighted by molar-refractivity contribution is -0.140. The number of benzene rings is 4. The molecule has 4 aromatic carbocycles. The molecule has 0 fully saturated rings. The van der Waals surface area contributed by atoms with Gasteiger partial charge in [-0.25, -0.2) is 12.8 Å². The quantitative estimate of drug-likeness (QED) is 0.171. The fourth-order valence-electron chi connectivity index (χ4n) is 4.98. The zero-order valence-corrected chi connectivity index (χ0v) is 28.4. The Morgan fingerprint density at radius 2 is 1.49 bits per heavy atom. The van der Waals surface area contributed by atoms with Gasteiger partial charge in [-0.15, -0.1) is 0 Å². The fourth-order valence-corrected chi connectivity index (χ4v) is 6.53. The molecule has 1 N–H and O–H groups in total. The zero-order chi connectivity index (χ0) is 34.2. The molecule has 2 amide bonds. The summed E-state index contributed by atoms with van der Waals surface area (Å²) in [5, 5.41) is 3.33. The summed E-state index contributed by atoms with van der Waals surface area (Å²) in [6, 6.07) is 26.0. The SMILES string of the molecule is CCOc1ccccc1N(CC(=O)N(Cc1ccc(F)cc1)[C@H](Cc1ccccc1)C(=O)NC(C)(C)C)S(=O)(=O)c1ccc(Cl)cc1. The van der Waals surface area contributed by atoms with Crippen LogP contribution in [0.2, 0.25) is 5.02 Å². The predicted molar refractivity (Wildman–Crippen MR) is 182 cm³/mol. The number of nitrogens with zero attached hydrogens (tertiary/aromatic N) is 2. The molecule has 11 heteroatoms. The monoisotopic (exact) mass is 679 g/mol. The highest BCUT2D eigenvalue weighted by atomic mass is 35.5. The number of rotatable bonds is 13. The second-order valence-electron chi connectivity index (χ2n) is 12.0. The first-order chi connectivity index (χ1) is 22.3. The average molecular weight is 680 g/mol. The Kier molecular flexibility index (Phi) is 11.7. The summed E-state index contributed by atoms with van der Waals surface area (Å²) in [5.41, 5.74) is 0.879. The van der Waals surface area contributed by atoms with Gasteiger partial charge in [0.15, 0.2) is 0 Å². The lowest BCUT2D eigenvalue weighted by atomic mass is 10.0. The van der Waals surface area contributed by atoms with E-state index in [0.717, 1.165) is 9.87 Å². The Bertz CT molecular complexity index is 1760. The maximum absolute atomic E-state index is 14.6. The first kappa shape index (κ1) is 35.4. The highest BCUT2D eigenvalue weighted by Gasteiger charge is 2.36. The molecule has 248 valence electrons. The predicted octanol–water partition coefficient (Wildman–Crippen LogP) is 6.63. The van der Waals surface area contributed by atoms with Crippen molar-refractivity contribution in [2.24, 2.45) is 0 Å². The van der Waals surface area contributed by atoms with Crippen LogP contribution in [0.15, 0.2) is 108 Å². The second-order valence-corrected chi connectivity index (χ2v) is 14.3.